The molecule has 0 aliphatic carbocycles. The van der Waals surface area contributed by atoms with E-state index in [-0.39, 0.29) is 17.0 Å². The van der Waals surface area contributed by atoms with Gasteiger partial charge in [-0.05, 0) is 26.3 Å². The molecule has 0 aromatic carbocycles. The van der Waals surface area contributed by atoms with E-state index in [1.165, 1.54) is 6.07 Å². The van der Waals surface area contributed by atoms with Crippen LogP contribution >= 0.6 is 11.6 Å². The minimum Gasteiger partial charge on any atom is -0.339 e. The summed E-state index contributed by atoms with van der Waals surface area (Å²) >= 11 is 6.00. The Hall–Kier alpha value is -1.29. The lowest BCUT2D eigenvalue weighted by Gasteiger charge is -2.18. The molecule has 0 radical (unpaired) electrons. The number of carbonyl (C=O) groups is 1. The highest BCUT2D eigenvalue weighted by Crippen LogP contribution is 2.14. The molecule has 1 aromatic rings. The molecule has 17 heavy (non-hydrogen) atoms. The Balaban J connectivity index is 3.19. The Labute approximate surface area is 106 Å². The summed E-state index contributed by atoms with van der Waals surface area (Å²) in [6.45, 7) is 6.78. The van der Waals surface area contributed by atoms with E-state index in [0.717, 1.165) is 0 Å². The first-order valence-electron chi connectivity index (χ1n) is 5.76. The number of carbonyl (C=O) groups excluding carboxylic acids is 1. The first kappa shape index (κ1) is 13.8. The van der Waals surface area contributed by atoms with E-state index in [2.05, 4.69) is 4.98 Å². The van der Waals surface area contributed by atoms with Gasteiger partial charge in [-0.25, -0.2) is 0 Å². The number of H-pyrrole nitrogens is 1. The Morgan fingerprint density at radius 1 is 1.35 bits per heavy atom. The summed E-state index contributed by atoms with van der Waals surface area (Å²) in [6, 6.07) is 1.46. The third kappa shape index (κ3) is 2.88. The summed E-state index contributed by atoms with van der Waals surface area (Å²) in [7, 11) is 0. The van der Waals surface area contributed by atoms with E-state index < -0.39 is 0 Å². The minimum absolute atomic E-state index is 0.107. The second kappa shape index (κ2) is 5.87. The van der Waals surface area contributed by atoms with Crippen molar-refractivity contribution in [1.29, 1.82) is 0 Å². The first-order valence-corrected chi connectivity index (χ1v) is 6.13. The van der Waals surface area contributed by atoms with Crippen molar-refractivity contribution in [2.24, 2.45) is 0 Å². The van der Waals surface area contributed by atoms with Crippen molar-refractivity contribution in [3.8, 4) is 0 Å². The molecule has 1 amide bonds. The summed E-state index contributed by atoms with van der Waals surface area (Å²) < 4.78 is 0. The van der Waals surface area contributed by atoms with Gasteiger partial charge in [0.15, 0.2) is 0 Å². The van der Waals surface area contributed by atoms with Crippen LogP contribution in [0.3, 0.4) is 0 Å². The number of hydrogen-bond acceptors (Lipinski definition) is 2. The van der Waals surface area contributed by atoms with Gasteiger partial charge in [-0.1, -0.05) is 18.5 Å². The zero-order valence-corrected chi connectivity index (χ0v) is 11.1. The molecule has 1 rings (SSSR count). The summed E-state index contributed by atoms with van der Waals surface area (Å²) in [4.78, 5) is 28.0. The number of rotatable bonds is 4. The van der Waals surface area contributed by atoms with Crippen molar-refractivity contribution in [1.82, 2.24) is 9.88 Å². The van der Waals surface area contributed by atoms with E-state index >= 15 is 0 Å². The van der Waals surface area contributed by atoms with Gasteiger partial charge in [0.25, 0.3) is 11.5 Å². The van der Waals surface area contributed by atoms with Crippen LogP contribution in [-0.2, 0) is 6.42 Å². The second-order valence-corrected chi connectivity index (χ2v) is 4.08. The molecule has 0 aliphatic rings. The normalized spacial score (nSPS) is 10.4. The van der Waals surface area contributed by atoms with Crippen molar-refractivity contribution in [2.75, 3.05) is 13.1 Å². The average Bonchev–Trinajstić information content (AvgIpc) is 2.32. The zero-order chi connectivity index (χ0) is 13.0. The lowest BCUT2D eigenvalue weighted by molar-refractivity contribution is 0.0771. The summed E-state index contributed by atoms with van der Waals surface area (Å²) in [5, 5.41) is 0.433. The molecule has 0 saturated carbocycles. The van der Waals surface area contributed by atoms with Crippen LogP contribution in [-0.4, -0.2) is 28.9 Å². The molecule has 5 heteroatoms. The maximum Gasteiger partial charge on any atom is 0.261 e. The lowest BCUT2D eigenvalue weighted by atomic mass is 10.2. The van der Waals surface area contributed by atoms with E-state index in [1.54, 1.807) is 4.90 Å². The van der Waals surface area contributed by atoms with E-state index in [1.807, 2.05) is 20.8 Å². The number of nitrogens with zero attached hydrogens (tertiary/aromatic N) is 1. The Morgan fingerprint density at radius 2 is 1.94 bits per heavy atom. The fraction of sp³-hybridized carbons (Fsp3) is 0.500. The minimum atomic E-state index is -0.372. The van der Waals surface area contributed by atoms with E-state index in [0.29, 0.717) is 30.2 Å². The molecule has 0 spiro atoms. The van der Waals surface area contributed by atoms with Gasteiger partial charge < -0.3 is 9.88 Å². The molecular weight excluding hydrogens is 240 g/mol. The molecule has 0 aliphatic heterocycles. The highest BCUT2D eigenvalue weighted by molar-refractivity contribution is 6.31. The number of halogens is 1. The van der Waals surface area contributed by atoms with Gasteiger partial charge in [-0.3, -0.25) is 9.59 Å². The van der Waals surface area contributed by atoms with Crippen molar-refractivity contribution in [3.63, 3.8) is 0 Å². The zero-order valence-electron chi connectivity index (χ0n) is 10.3. The molecule has 4 nitrogen and oxygen atoms in total. The molecule has 1 N–H and O–H groups in total. The highest BCUT2D eigenvalue weighted by atomic mass is 35.5. The Bertz CT molecular complexity index is 464. The maximum absolute atomic E-state index is 12.0. The smallest absolute Gasteiger partial charge is 0.261 e. The molecule has 94 valence electrons. The molecule has 1 aromatic heterocycles. The molecule has 0 unspecified atom stereocenters. The van der Waals surface area contributed by atoms with Gasteiger partial charge in [0.05, 0.1) is 5.02 Å². The van der Waals surface area contributed by atoms with Crippen LogP contribution in [0.15, 0.2) is 10.9 Å². The van der Waals surface area contributed by atoms with Gasteiger partial charge in [0.2, 0.25) is 0 Å². The third-order valence-electron chi connectivity index (χ3n) is 2.70. The van der Waals surface area contributed by atoms with Crippen LogP contribution < -0.4 is 5.56 Å². The van der Waals surface area contributed by atoms with Gasteiger partial charge in [0.1, 0.15) is 5.56 Å². The fourth-order valence-corrected chi connectivity index (χ4v) is 1.93. The predicted octanol–water partition coefficient (Wildman–Crippen LogP) is 2.07. The van der Waals surface area contributed by atoms with Gasteiger partial charge in [0, 0.05) is 18.8 Å². The predicted molar refractivity (Wildman–Crippen MR) is 68.7 cm³/mol. The van der Waals surface area contributed by atoms with Crippen molar-refractivity contribution >= 4 is 17.5 Å². The monoisotopic (exact) mass is 256 g/mol. The molecule has 0 saturated heterocycles. The Kier molecular flexibility index (Phi) is 4.75. The lowest BCUT2D eigenvalue weighted by Crippen LogP contribution is -2.34. The number of amides is 1. The van der Waals surface area contributed by atoms with Crippen molar-refractivity contribution in [3.05, 3.63) is 32.7 Å². The topological polar surface area (TPSA) is 53.2 Å². The first-order chi connectivity index (χ1) is 8.04. The SMILES string of the molecule is CCc1[nH]c(=O)c(C(=O)N(CC)CC)cc1Cl. The molecular formula is C12H17ClN2O2. The van der Waals surface area contributed by atoms with Crippen LogP contribution in [0.1, 0.15) is 36.8 Å². The van der Waals surface area contributed by atoms with Crippen LogP contribution in [0.5, 0.6) is 0 Å². The van der Waals surface area contributed by atoms with Crippen LogP contribution in [0.25, 0.3) is 0 Å². The fourth-order valence-electron chi connectivity index (χ4n) is 1.64. The van der Waals surface area contributed by atoms with Crippen molar-refractivity contribution in [2.45, 2.75) is 27.2 Å². The molecule has 0 fully saturated rings. The highest BCUT2D eigenvalue weighted by Gasteiger charge is 2.17. The van der Waals surface area contributed by atoms with E-state index in [9.17, 15) is 9.59 Å². The maximum atomic E-state index is 12.0. The molecule has 0 bridgehead atoms. The number of aromatic nitrogens is 1. The van der Waals surface area contributed by atoms with Crippen LogP contribution in [0.4, 0.5) is 0 Å². The summed E-state index contributed by atoms with van der Waals surface area (Å²) in [5.41, 5.74) is 0.395. The number of aryl methyl sites for hydroxylation is 1. The standard InChI is InChI=1S/C12H17ClN2O2/c1-4-10-9(13)7-8(11(16)14-10)12(17)15(5-2)6-3/h7H,4-6H2,1-3H3,(H,14,16). The third-order valence-corrected chi connectivity index (χ3v) is 3.04. The van der Waals surface area contributed by atoms with Crippen molar-refractivity contribution < 1.29 is 4.79 Å². The average molecular weight is 257 g/mol. The Morgan fingerprint density at radius 3 is 2.41 bits per heavy atom. The summed E-state index contributed by atoms with van der Waals surface area (Å²) in [5.74, 6) is -0.277. The number of hydrogen-bond donors (Lipinski definition) is 1. The van der Waals surface area contributed by atoms with Crippen LogP contribution in [0.2, 0.25) is 5.02 Å². The molecule has 1 heterocycles. The van der Waals surface area contributed by atoms with Gasteiger partial charge in [-0.15, -0.1) is 0 Å². The number of aromatic amines is 1. The quantitative estimate of drug-likeness (QED) is 0.897. The number of nitrogens with one attached hydrogen (secondary N) is 1. The van der Waals surface area contributed by atoms with Gasteiger partial charge >= 0.3 is 0 Å². The van der Waals surface area contributed by atoms with E-state index in [4.69, 9.17) is 11.6 Å². The van der Waals surface area contributed by atoms with Gasteiger partial charge in [-0.2, -0.15) is 0 Å². The second-order valence-electron chi connectivity index (χ2n) is 3.67. The molecule has 0 atom stereocenters. The largest absolute Gasteiger partial charge is 0.339 e. The summed E-state index contributed by atoms with van der Waals surface area (Å²) in [6.07, 6.45) is 0.633. The van der Waals surface area contributed by atoms with Crippen LogP contribution in [0, 0.1) is 0 Å². The number of pyridine rings is 1.